The molecular formula is C30H29ClN2O4S3. The Balaban J connectivity index is 1.52. The van der Waals surface area contributed by atoms with Crippen molar-refractivity contribution in [1.82, 2.24) is 4.90 Å². The van der Waals surface area contributed by atoms with Crippen molar-refractivity contribution in [2.24, 2.45) is 0 Å². The van der Waals surface area contributed by atoms with Crippen molar-refractivity contribution in [2.75, 3.05) is 11.2 Å². The number of esters is 1. The summed E-state index contributed by atoms with van der Waals surface area (Å²) in [5.41, 5.74) is 2.41. The van der Waals surface area contributed by atoms with Crippen molar-refractivity contribution in [3.05, 3.63) is 82.9 Å². The third kappa shape index (κ3) is 5.36. The van der Waals surface area contributed by atoms with E-state index in [1.54, 1.807) is 45.5 Å². The molecule has 3 aromatic rings. The maximum atomic E-state index is 14.0. The third-order valence-electron chi connectivity index (χ3n) is 6.96. The minimum absolute atomic E-state index is 0.132. The highest BCUT2D eigenvalue weighted by atomic mass is 35.5. The van der Waals surface area contributed by atoms with Crippen LogP contribution >= 0.6 is 46.9 Å². The normalized spacial score (nSPS) is 21.3. The summed E-state index contributed by atoms with van der Waals surface area (Å²) in [5.74, 6) is -0.486. The Labute approximate surface area is 252 Å². The van der Waals surface area contributed by atoms with Crippen LogP contribution < -0.4 is 9.64 Å². The Bertz CT molecular complexity index is 1480. The first-order valence-corrected chi connectivity index (χ1v) is 16.1. The number of anilines is 1. The van der Waals surface area contributed by atoms with Gasteiger partial charge in [0.1, 0.15) is 22.5 Å². The predicted molar refractivity (Wildman–Crippen MR) is 164 cm³/mol. The summed E-state index contributed by atoms with van der Waals surface area (Å²) in [5, 5.41) is -0.187. The summed E-state index contributed by atoms with van der Waals surface area (Å²) in [7, 11) is 0. The van der Waals surface area contributed by atoms with Gasteiger partial charge >= 0.3 is 5.97 Å². The molecule has 1 saturated heterocycles. The van der Waals surface area contributed by atoms with E-state index >= 15 is 0 Å². The molecule has 0 radical (unpaired) electrons. The molecule has 6 nitrogen and oxygen atoms in total. The molecule has 5 rings (SSSR count). The highest BCUT2D eigenvalue weighted by molar-refractivity contribution is 8.01. The zero-order chi connectivity index (χ0) is 28.8. The average molecular weight is 613 g/mol. The highest BCUT2D eigenvalue weighted by Gasteiger charge is 2.54. The summed E-state index contributed by atoms with van der Waals surface area (Å²) < 4.78 is 5.55. The second kappa shape index (κ2) is 11.4. The minimum Gasteiger partial charge on any atom is -0.425 e. The number of carbonyl (C=O) groups excluding carboxylic acids is 3. The van der Waals surface area contributed by atoms with E-state index < -0.39 is 22.1 Å². The smallest absolute Gasteiger partial charge is 0.335 e. The monoisotopic (exact) mass is 612 g/mol. The maximum absolute atomic E-state index is 14.0. The van der Waals surface area contributed by atoms with Gasteiger partial charge in [-0.3, -0.25) is 14.5 Å². The molecule has 40 heavy (non-hydrogen) atoms. The number of carbonyl (C=O) groups is 3. The molecule has 1 unspecified atom stereocenters. The number of benzene rings is 3. The molecule has 2 amide bonds. The second-order valence-electron chi connectivity index (χ2n) is 10.1. The van der Waals surface area contributed by atoms with Gasteiger partial charge in [-0.1, -0.05) is 53.7 Å². The summed E-state index contributed by atoms with van der Waals surface area (Å²) in [4.78, 5) is 45.0. The summed E-state index contributed by atoms with van der Waals surface area (Å²) >= 11 is 10.9. The van der Waals surface area contributed by atoms with Gasteiger partial charge in [-0.05, 0) is 62.1 Å². The van der Waals surface area contributed by atoms with Crippen molar-refractivity contribution < 1.29 is 19.1 Å². The quantitative estimate of drug-likeness (QED) is 0.167. The van der Waals surface area contributed by atoms with Gasteiger partial charge in [-0.2, -0.15) is 0 Å². The number of amides is 2. The van der Waals surface area contributed by atoms with Crippen LogP contribution in [0, 0.1) is 0 Å². The SMILES string of the molecule is CSc1ccc(OC(=O)[C@@H]2N(C(C)=O)[C@H](c3ccccc3)SC2(C)C)c(C2Sc3cc(Cl)ccc3N2C(C)=O)c1. The molecule has 1 fully saturated rings. The Hall–Kier alpha value is -2.59. The molecule has 0 spiro atoms. The van der Waals surface area contributed by atoms with E-state index in [1.807, 2.05) is 74.7 Å². The fraction of sp³-hybridized carbons (Fsp3) is 0.300. The Morgan fingerprint density at radius 3 is 2.33 bits per heavy atom. The van der Waals surface area contributed by atoms with Crippen LogP contribution in [-0.4, -0.2) is 39.7 Å². The van der Waals surface area contributed by atoms with Crippen LogP contribution in [0.4, 0.5) is 5.69 Å². The van der Waals surface area contributed by atoms with Crippen molar-refractivity contribution in [3.63, 3.8) is 0 Å². The van der Waals surface area contributed by atoms with E-state index in [0.717, 1.165) is 21.0 Å². The zero-order valence-corrected chi connectivity index (χ0v) is 25.9. The van der Waals surface area contributed by atoms with Gasteiger partial charge in [0.25, 0.3) is 0 Å². The first-order chi connectivity index (χ1) is 19.0. The van der Waals surface area contributed by atoms with Crippen molar-refractivity contribution in [2.45, 2.75) is 59.0 Å². The molecular weight excluding hydrogens is 584 g/mol. The van der Waals surface area contributed by atoms with Crippen molar-refractivity contribution in [1.29, 1.82) is 0 Å². The summed E-state index contributed by atoms with van der Waals surface area (Å²) in [6, 6.07) is 20.0. The van der Waals surface area contributed by atoms with E-state index in [2.05, 4.69) is 0 Å². The van der Waals surface area contributed by atoms with E-state index in [-0.39, 0.29) is 17.2 Å². The second-order valence-corrected chi connectivity index (χ2v) is 14.3. The molecule has 3 atom stereocenters. The first kappa shape index (κ1) is 28.9. The molecule has 0 bridgehead atoms. The lowest BCUT2D eigenvalue weighted by atomic mass is 10.0. The predicted octanol–water partition coefficient (Wildman–Crippen LogP) is 7.57. The van der Waals surface area contributed by atoms with E-state index in [9.17, 15) is 14.4 Å². The molecule has 2 aliphatic heterocycles. The van der Waals surface area contributed by atoms with Crippen LogP contribution in [0.15, 0.2) is 76.5 Å². The lowest BCUT2D eigenvalue weighted by Gasteiger charge is -2.31. The third-order valence-corrected chi connectivity index (χ3v) is 10.7. The molecule has 208 valence electrons. The lowest BCUT2D eigenvalue weighted by Crippen LogP contribution is -2.50. The molecule has 10 heteroatoms. The van der Waals surface area contributed by atoms with Gasteiger partial charge < -0.3 is 9.64 Å². The van der Waals surface area contributed by atoms with Crippen LogP contribution in [0.25, 0.3) is 0 Å². The number of nitrogens with zero attached hydrogens (tertiary/aromatic N) is 2. The van der Waals surface area contributed by atoms with Gasteiger partial charge in [0.2, 0.25) is 11.8 Å². The largest absolute Gasteiger partial charge is 0.425 e. The van der Waals surface area contributed by atoms with Gasteiger partial charge in [0.05, 0.1) is 5.69 Å². The highest BCUT2D eigenvalue weighted by Crippen LogP contribution is 2.55. The molecule has 0 aliphatic carbocycles. The first-order valence-electron chi connectivity index (χ1n) is 12.7. The van der Waals surface area contributed by atoms with Crippen LogP contribution in [0.1, 0.15) is 49.6 Å². The summed E-state index contributed by atoms with van der Waals surface area (Å²) in [6.07, 6.45) is 1.97. The van der Waals surface area contributed by atoms with E-state index in [1.165, 1.54) is 25.6 Å². The standard InChI is InChI=1S/C30H29ClN2O4S3/c1-17(34)32-23-13-11-20(31)15-25(23)39-28(32)22-16-21(38-5)12-14-24(22)37-29(36)26-30(3,4)40-27(33(26)18(2)35)19-9-7-6-8-10-19/h6-16,26-28H,1-5H3/t26-,27-,28?/m0/s1. The van der Waals surface area contributed by atoms with Crippen LogP contribution in [0.5, 0.6) is 5.75 Å². The molecule has 0 N–H and O–H groups in total. The van der Waals surface area contributed by atoms with E-state index in [0.29, 0.717) is 16.3 Å². The number of rotatable bonds is 5. The molecule has 0 saturated carbocycles. The van der Waals surface area contributed by atoms with Gasteiger partial charge in [0, 0.05) is 39.0 Å². The summed E-state index contributed by atoms with van der Waals surface area (Å²) in [6.45, 7) is 6.93. The number of halogens is 1. The molecule has 2 aliphatic rings. The fourth-order valence-corrected chi connectivity index (χ4v) is 8.87. The Morgan fingerprint density at radius 1 is 0.950 bits per heavy atom. The Morgan fingerprint density at radius 2 is 1.68 bits per heavy atom. The van der Waals surface area contributed by atoms with Crippen molar-refractivity contribution in [3.8, 4) is 5.75 Å². The topological polar surface area (TPSA) is 66.9 Å². The fourth-order valence-electron chi connectivity index (χ4n) is 5.19. The van der Waals surface area contributed by atoms with Crippen molar-refractivity contribution >= 4 is 70.4 Å². The average Bonchev–Trinajstić information content (AvgIpc) is 3.43. The lowest BCUT2D eigenvalue weighted by molar-refractivity contribution is -0.148. The molecule has 2 heterocycles. The maximum Gasteiger partial charge on any atom is 0.335 e. The molecule has 3 aromatic carbocycles. The number of fused-ring (bicyclic) bond motifs is 1. The zero-order valence-electron chi connectivity index (χ0n) is 22.7. The van der Waals surface area contributed by atoms with Gasteiger partial charge in [-0.25, -0.2) is 4.79 Å². The number of thioether (sulfide) groups is 3. The number of hydrogen-bond acceptors (Lipinski definition) is 7. The van der Waals surface area contributed by atoms with Crippen LogP contribution in [0.3, 0.4) is 0 Å². The van der Waals surface area contributed by atoms with Gasteiger partial charge in [-0.15, -0.1) is 23.5 Å². The van der Waals surface area contributed by atoms with Crippen LogP contribution in [-0.2, 0) is 14.4 Å². The van der Waals surface area contributed by atoms with E-state index in [4.69, 9.17) is 16.3 Å². The Kier molecular flexibility index (Phi) is 8.21. The minimum atomic E-state index is -0.815. The van der Waals surface area contributed by atoms with Crippen LogP contribution in [0.2, 0.25) is 5.02 Å². The molecule has 0 aromatic heterocycles. The number of hydrogen-bond donors (Lipinski definition) is 0. The van der Waals surface area contributed by atoms with Gasteiger partial charge in [0.15, 0.2) is 0 Å². The number of ether oxygens (including phenoxy) is 1.